The van der Waals surface area contributed by atoms with Gasteiger partial charge in [-0.05, 0) is 83.6 Å². The number of fused-ring (bicyclic) bond motifs is 1. The Balaban J connectivity index is 1.33. The lowest BCUT2D eigenvalue weighted by Crippen LogP contribution is -2.40. The summed E-state index contributed by atoms with van der Waals surface area (Å²) in [5.74, 6) is 3.10. The highest BCUT2D eigenvalue weighted by molar-refractivity contribution is 7.13. The van der Waals surface area contributed by atoms with Crippen LogP contribution in [0, 0.1) is 5.92 Å². The van der Waals surface area contributed by atoms with Crippen LogP contribution < -0.4 is 14.2 Å². The molecule has 3 aromatic rings. The fourth-order valence-corrected chi connectivity index (χ4v) is 5.97. The summed E-state index contributed by atoms with van der Waals surface area (Å²) in [5.41, 5.74) is 4.85. The molecule has 1 fully saturated rings. The zero-order valence-electron chi connectivity index (χ0n) is 22.0. The molecule has 0 bridgehead atoms. The number of hydrogen-bond donors (Lipinski definition) is 0. The monoisotopic (exact) mass is 520 g/mol. The highest BCUT2D eigenvalue weighted by Gasteiger charge is 2.23. The van der Waals surface area contributed by atoms with E-state index < -0.39 is 0 Å². The first-order chi connectivity index (χ1) is 18.0. The van der Waals surface area contributed by atoms with Crippen LogP contribution in [0.5, 0.6) is 17.2 Å². The zero-order valence-corrected chi connectivity index (χ0v) is 22.8. The van der Waals surface area contributed by atoms with Crippen molar-refractivity contribution in [2.24, 2.45) is 5.92 Å². The number of likely N-dealkylation sites (tertiary alicyclic amines) is 1. The maximum Gasteiger partial charge on any atom is 0.260 e. The number of methoxy groups -OCH3 is 2. The number of ether oxygens (including phenoxy) is 3. The van der Waals surface area contributed by atoms with Gasteiger partial charge in [-0.3, -0.25) is 9.69 Å². The predicted octanol–water partition coefficient (Wildman–Crippen LogP) is 5.63. The summed E-state index contributed by atoms with van der Waals surface area (Å²) >= 11 is 1.73. The second-order valence-corrected chi connectivity index (χ2v) is 11.0. The quantitative estimate of drug-likeness (QED) is 0.385. The average molecular weight is 521 g/mol. The summed E-state index contributed by atoms with van der Waals surface area (Å²) in [6.45, 7) is 6.51. The van der Waals surface area contributed by atoms with Gasteiger partial charge in [0, 0.05) is 43.2 Å². The maximum absolute atomic E-state index is 12.9. The number of carbonyl (C=O) groups is 1. The number of carbonyl (C=O) groups excluding carboxylic acids is 1. The number of benzene rings is 2. The van der Waals surface area contributed by atoms with E-state index in [1.807, 2.05) is 11.0 Å². The lowest BCUT2D eigenvalue weighted by Gasteiger charge is -2.31. The van der Waals surface area contributed by atoms with Crippen LogP contribution in [0.25, 0.3) is 10.4 Å². The number of hydrogen-bond acceptors (Lipinski definition) is 6. The first-order valence-corrected chi connectivity index (χ1v) is 14.0. The van der Waals surface area contributed by atoms with E-state index >= 15 is 0 Å². The minimum atomic E-state index is 0.0770. The molecule has 0 aliphatic carbocycles. The zero-order chi connectivity index (χ0) is 25.8. The van der Waals surface area contributed by atoms with Crippen molar-refractivity contribution >= 4 is 17.2 Å². The van der Waals surface area contributed by atoms with Gasteiger partial charge in [-0.1, -0.05) is 13.0 Å². The maximum atomic E-state index is 12.9. The molecule has 1 saturated heterocycles. The normalized spacial score (nSPS) is 16.4. The van der Waals surface area contributed by atoms with E-state index in [0.717, 1.165) is 74.8 Å². The highest BCUT2D eigenvalue weighted by atomic mass is 32.1. The number of amides is 1. The van der Waals surface area contributed by atoms with Crippen molar-refractivity contribution in [3.63, 3.8) is 0 Å². The van der Waals surface area contributed by atoms with E-state index in [9.17, 15) is 4.79 Å². The molecule has 0 spiro atoms. The third-order valence-corrected chi connectivity index (χ3v) is 8.46. The van der Waals surface area contributed by atoms with Crippen molar-refractivity contribution in [2.75, 3.05) is 40.5 Å². The lowest BCUT2D eigenvalue weighted by molar-refractivity contribution is -0.134. The molecule has 1 amide bonds. The van der Waals surface area contributed by atoms with Crippen molar-refractivity contribution in [1.29, 1.82) is 0 Å². The Morgan fingerprint density at radius 1 is 0.973 bits per heavy atom. The summed E-state index contributed by atoms with van der Waals surface area (Å²) in [6, 6.07) is 14.8. The van der Waals surface area contributed by atoms with E-state index in [4.69, 9.17) is 14.2 Å². The summed E-state index contributed by atoms with van der Waals surface area (Å²) in [6.07, 6.45) is 3.08. The molecule has 3 heterocycles. The van der Waals surface area contributed by atoms with Crippen molar-refractivity contribution in [3.8, 4) is 27.7 Å². The topological polar surface area (TPSA) is 51.2 Å². The van der Waals surface area contributed by atoms with Crippen LogP contribution in [0.15, 0.2) is 47.8 Å². The van der Waals surface area contributed by atoms with Crippen LogP contribution >= 0.6 is 11.3 Å². The number of nitrogens with zero attached hydrogens (tertiary/aromatic N) is 2. The summed E-state index contributed by atoms with van der Waals surface area (Å²) in [7, 11) is 3.36. The molecule has 0 unspecified atom stereocenters. The molecule has 0 N–H and O–H groups in total. The molecular formula is C30H36N2O4S. The van der Waals surface area contributed by atoms with Gasteiger partial charge >= 0.3 is 0 Å². The van der Waals surface area contributed by atoms with E-state index in [0.29, 0.717) is 5.92 Å². The van der Waals surface area contributed by atoms with Gasteiger partial charge in [-0.15, -0.1) is 11.3 Å². The number of piperidine rings is 1. The Labute approximate surface area is 223 Å². The first-order valence-electron chi connectivity index (χ1n) is 13.1. The van der Waals surface area contributed by atoms with Crippen LogP contribution in [0.3, 0.4) is 0 Å². The molecule has 2 aliphatic heterocycles. The van der Waals surface area contributed by atoms with Crippen LogP contribution in [-0.4, -0.2) is 56.2 Å². The third kappa shape index (κ3) is 5.94. The summed E-state index contributed by atoms with van der Waals surface area (Å²) < 4.78 is 17.2. The predicted molar refractivity (Wildman–Crippen MR) is 148 cm³/mol. The minimum Gasteiger partial charge on any atom is -0.493 e. The number of thiophene rings is 1. The molecule has 6 nitrogen and oxygen atoms in total. The highest BCUT2D eigenvalue weighted by Crippen LogP contribution is 2.35. The Bertz CT molecular complexity index is 1220. The second-order valence-electron chi connectivity index (χ2n) is 10.1. The van der Waals surface area contributed by atoms with Crippen LogP contribution in [-0.2, 0) is 24.3 Å². The molecule has 37 heavy (non-hydrogen) atoms. The molecule has 7 heteroatoms. The van der Waals surface area contributed by atoms with Gasteiger partial charge in [0.2, 0.25) is 0 Å². The molecule has 5 rings (SSSR count). The smallest absolute Gasteiger partial charge is 0.260 e. The molecule has 1 aromatic heterocycles. The molecule has 2 aromatic carbocycles. The Morgan fingerprint density at radius 3 is 2.43 bits per heavy atom. The molecule has 0 radical (unpaired) electrons. The van der Waals surface area contributed by atoms with Crippen LogP contribution in [0.1, 0.15) is 36.5 Å². The van der Waals surface area contributed by atoms with Crippen molar-refractivity contribution in [3.05, 3.63) is 64.5 Å². The standard InChI is InChI=1S/C30H36N2O4S/c1-21-8-12-32(13-9-21)30(33)20-36-26-7-6-23(29-5-4-14-37-29)15-25(26)19-31-11-10-22-16-27(34-2)28(35-3)17-24(22)18-31/h4-7,14-17,21H,8-13,18-20H2,1-3H3. The van der Waals surface area contributed by atoms with E-state index in [-0.39, 0.29) is 12.5 Å². The fraction of sp³-hybridized carbons (Fsp3) is 0.433. The van der Waals surface area contributed by atoms with Crippen LogP contribution in [0.2, 0.25) is 0 Å². The molecule has 196 valence electrons. The van der Waals surface area contributed by atoms with Gasteiger partial charge in [0.1, 0.15) is 5.75 Å². The second kappa shape index (κ2) is 11.6. The van der Waals surface area contributed by atoms with Crippen LogP contribution in [0.4, 0.5) is 0 Å². The van der Waals surface area contributed by atoms with Crippen molar-refractivity contribution in [1.82, 2.24) is 9.80 Å². The van der Waals surface area contributed by atoms with Crippen molar-refractivity contribution in [2.45, 2.75) is 39.3 Å². The molecular weight excluding hydrogens is 484 g/mol. The average Bonchev–Trinajstić information content (AvgIpc) is 3.47. The minimum absolute atomic E-state index is 0.0770. The lowest BCUT2D eigenvalue weighted by atomic mass is 9.98. The first kappa shape index (κ1) is 25.6. The van der Waals surface area contributed by atoms with Crippen molar-refractivity contribution < 1.29 is 19.0 Å². The fourth-order valence-electron chi connectivity index (χ4n) is 5.25. The largest absolute Gasteiger partial charge is 0.493 e. The van der Waals surface area contributed by atoms with Gasteiger partial charge < -0.3 is 19.1 Å². The summed E-state index contributed by atoms with van der Waals surface area (Å²) in [4.78, 5) is 18.5. The molecule has 0 saturated carbocycles. The third-order valence-electron chi connectivity index (χ3n) is 7.54. The van der Waals surface area contributed by atoms with Gasteiger partial charge in [0.15, 0.2) is 18.1 Å². The van der Waals surface area contributed by atoms with E-state index in [1.54, 1.807) is 25.6 Å². The Hall–Kier alpha value is -3.03. The SMILES string of the molecule is COc1cc2c(cc1OC)CN(Cc1cc(-c3cccs3)ccc1OCC(=O)N1CCC(C)CC1)CC2. The Kier molecular flexibility index (Phi) is 8.01. The van der Waals surface area contributed by atoms with Gasteiger partial charge in [-0.25, -0.2) is 0 Å². The van der Waals surface area contributed by atoms with Gasteiger partial charge in [-0.2, -0.15) is 0 Å². The molecule has 2 aliphatic rings. The van der Waals surface area contributed by atoms with Gasteiger partial charge in [0.25, 0.3) is 5.91 Å². The van der Waals surface area contributed by atoms with E-state index in [1.165, 1.54) is 21.6 Å². The summed E-state index contributed by atoms with van der Waals surface area (Å²) in [5, 5.41) is 2.10. The van der Waals surface area contributed by atoms with Gasteiger partial charge in [0.05, 0.1) is 14.2 Å². The molecule has 0 atom stereocenters. The van der Waals surface area contributed by atoms with E-state index in [2.05, 4.69) is 53.6 Å². The Morgan fingerprint density at radius 2 is 1.73 bits per heavy atom. The number of rotatable bonds is 8.